The number of ether oxygens (including phenoxy) is 1. The molecule has 4 rings (SSSR count). The van der Waals surface area contributed by atoms with Crippen LogP contribution in [0.4, 0.5) is 0 Å². The summed E-state index contributed by atoms with van der Waals surface area (Å²) in [6.45, 7) is 5.49. The maximum Gasteiger partial charge on any atom is 0.309 e. The highest BCUT2D eigenvalue weighted by Gasteiger charge is 2.28. The van der Waals surface area contributed by atoms with Crippen molar-refractivity contribution in [2.75, 3.05) is 25.4 Å². The van der Waals surface area contributed by atoms with E-state index in [0.29, 0.717) is 49.0 Å². The molecule has 1 saturated heterocycles. The van der Waals surface area contributed by atoms with Crippen molar-refractivity contribution in [1.82, 2.24) is 19.7 Å². The van der Waals surface area contributed by atoms with Crippen molar-refractivity contribution < 1.29 is 14.3 Å². The van der Waals surface area contributed by atoms with E-state index in [2.05, 4.69) is 10.2 Å². The fourth-order valence-corrected chi connectivity index (χ4v) is 5.68. The highest BCUT2D eigenvalue weighted by Crippen LogP contribution is 2.32. The van der Waals surface area contributed by atoms with Crippen molar-refractivity contribution in [3.8, 4) is 17.1 Å². The number of aryl methyl sites for hydroxylation is 1. The summed E-state index contributed by atoms with van der Waals surface area (Å²) in [4.78, 5) is 26.5. The summed E-state index contributed by atoms with van der Waals surface area (Å²) in [5.41, 5.74) is 2.96. The molecule has 1 aliphatic heterocycles. The first kappa shape index (κ1) is 28.5. The zero-order valence-electron chi connectivity index (χ0n) is 21.7. The Morgan fingerprint density at radius 3 is 2.45 bits per heavy atom. The van der Waals surface area contributed by atoms with E-state index in [1.807, 2.05) is 59.7 Å². The first-order valence-corrected chi connectivity index (χ1v) is 14.7. The van der Waals surface area contributed by atoms with Crippen LogP contribution in [0.25, 0.3) is 17.1 Å². The van der Waals surface area contributed by atoms with Crippen LogP contribution in [0.3, 0.4) is 0 Å². The molecule has 1 fully saturated rings. The summed E-state index contributed by atoms with van der Waals surface area (Å²) in [5.74, 6) is 1.44. The number of hydrogen-bond donors (Lipinski definition) is 0. The van der Waals surface area contributed by atoms with E-state index in [1.54, 1.807) is 17.8 Å². The van der Waals surface area contributed by atoms with Crippen molar-refractivity contribution in [3.05, 3.63) is 58.1 Å². The molecule has 0 aliphatic carbocycles. The Morgan fingerprint density at radius 1 is 1.03 bits per heavy atom. The molecule has 10 heteroatoms. The topological polar surface area (TPSA) is 77.3 Å². The molecule has 1 aliphatic rings. The van der Waals surface area contributed by atoms with E-state index >= 15 is 0 Å². The average Bonchev–Trinajstić information content (AvgIpc) is 3.34. The van der Waals surface area contributed by atoms with Gasteiger partial charge < -0.3 is 9.64 Å². The smallest absolute Gasteiger partial charge is 0.309 e. The van der Waals surface area contributed by atoms with Gasteiger partial charge in [0.1, 0.15) is 0 Å². The number of nitrogens with zero attached hydrogens (tertiary/aromatic N) is 4. The number of piperidine rings is 1. The van der Waals surface area contributed by atoms with Gasteiger partial charge in [-0.05, 0) is 57.7 Å². The van der Waals surface area contributed by atoms with Crippen LogP contribution in [0.5, 0.6) is 0 Å². The Kier molecular flexibility index (Phi) is 10.1. The van der Waals surface area contributed by atoms with Crippen molar-refractivity contribution in [3.63, 3.8) is 0 Å². The summed E-state index contributed by atoms with van der Waals surface area (Å²) in [6, 6.07) is 13.7. The second kappa shape index (κ2) is 13.5. The van der Waals surface area contributed by atoms with Crippen LogP contribution in [0, 0.1) is 12.8 Å². The largest absolute Gasteiger partial charge is 0.466 e. The summed E-state index contributed by atoms with van der Waals surface area (Å²) in [7, 11) is 0. The lowest BCUT2D eigenvalue weighted by atomic mass is 9.96. The van der Waals surface area contributed by atoms with Gasteiger partial charge in [0.2, 0.25) is 5.91 Å². The van der Waals surface area contributed by atoms with E-state index in [1.165, 1.54) is 5.56 Å². The molecule has 0 radical (unpaired) electrons. The van der Waals surface area contributed by atoms with Gasteiger partial charge in [-0.1, -0.05) is 64.8 Å². The molecule has 202 valence electrons. The van der Waals surface area contributed by atoms with Crippen LogP contribution in [0.2, 0.25) is 10.0 Å². The summed E-state index contributed by atoms with van der Waals surface area (Å²) in [6.07, 6.45) is 3.50. The molecule has 0 atom stereocenters. The van der Waals surface area contributed by atoms with Gasteiger partial charge in [0.25, 0.3) is 0 Å². The molecule has 2 aromatic carbocycles. The molecule has 0 saturated carbocycles. The van der Waals surface area contributed by atoms with E-state index in [4.69, 9.17) is 27.9 Å². The molecular formula is C28H32Cl2N4O3S. The lowest BCUT2D eigenvalue weighted by molar-refractivity contribution is -0.151. The molecule has 0 unspecified atom stereocenters. The fraction of sp³-hybridized carbons (Fsp3) is 0.429. The quantitative estimate of drug-likeness (QED) is 0.154. The number of carbonyl (C=O) groups is 2. The van der Waals surface area contributed by atoms with E-state index in [9.17, 15) is 9.59 Å². The first-order valence-electron chi connectivity index (χ1n) is 12.9. The number of unbranched alkanes of at least 4 members (excludes halogenated alkanes) is 1. The number of amides is 1. The van der Waals surface area contributed by atoms with Gasteiger partial charge >= 0.3 is 5.97 Å². The highest BCUT2D eigenvalue weighted by molar-refractivity contribution is 7.99. The normalized spacial score (nSPS) is 14.1. The van der Waals surface area contributed by atoms with E-state index in [0.717, 1.165) is 40.8 Å². The number of hydrogen-bond acceptors (Lipinski definition) is 6. The molecule has 38 heavy (non-hydrogen) atoms. The molecule has 3 aromatic rings. The monoisotopic (exact) mass is 574 g/mol. The van der Waals surface area contributed by atoms with Crippen LogP contribution in [0.15, 0.2) is 47.6 Å². The second-order valence-electron chi connectivity index (χ2n) is 9.32. The number of aromatic nitrogens is 3. The molecule has 2 heterocycles. The number of carbonyl (C=O) groups excluding carboxylic acids is 2. The number of thioether (sulfide) groups is 1. The number of halogens is 2. The summed E-state index contributed by atoms with van der Waals surface area (Å²) >= 11 is 14.1. The fourth-order valence-electron chi connectivity index (χ4n) is 4.43. The number of esters is 1. The van der Waals surface area contributed by atoms with Crippen LogP contribution in [0.1, 0.15) is 44.6 Å². The molecule has 0 spiro atoms. The summed E-state index contributed by atoms with van der Waals surface area (Å²) in [5, 5.41) is 10.7. The van der Waals surface area contributed by atoms with E-state index in [-0.39, 0.29) is 17.8 Å². The van der Waals surface area contributed by atoms with Gasteiger partial charge in [-0.15, -0.1) is 10.2 Å². The van der Waals surface area contributed by atoms with Crippen molar-refractivity contribution >= 4 is 46.8 Å². The molecule has 7 nitrogen and oxygen atoms in total. The van der Waals surface area contributed by atoms with Gasteiger partial charge in [0.05, 0.1) is 28.3 Å². The maximum atomic E-state index is 12.7. The zero-order chi connectivity index (χ0) is 27.1. The minimum atomic E-state index is -0.143. The van der Waals surface area contributed by atoms with Gasteiger partial charge in [-0.25, -0.2) is 0 Å². The molecule has 1 aromatic heterocycles. The number of benzene rings is 2. The number of likely N-dealkylation sites (tertiary alicyclic amines) is 1. The lowest BCUT2D eigenvalue weighted by Gasteiger charge is -2.31. The molecule has 1 amide bonds. The Bertz CT molecular complexity index is 1260. The third kappa shape index (κ3) is 7.10. The predicted molar refractivity (Wildman–Crippen MR) is 152 cm³/mol. The van der Waals surface area contributed by atoms with Gasteiger partial charge in [-0.2, -0.15) is 0 Å². The average molecular weight is 576 g/mol. The minimum absolute atomic E-state index is 0.0897. The van der Waals surface area contributed by atoms with Gasteiger partial charge in [0.15, 0.2) is 11.0 Å². The molecular weight excluding hydrogens is 543 g/mol. The first-order chi connectivity index (χ1) is 18.4. The standard InChI is InChI=1S/C28H32Cl2N4O3S/c1-3-37-27(36)21-13-15-33(16-14-21)25(35)6-4-5-17-38-28-32-31-26(20-9-7-19(2)8-10-20)34(28)22-11-12-23(29)24(30)18-22/h7-12,18,21H,3-6,13-17H2,1-2H3. The Morgan fingerprint density at radius 2 is 1.76 bits per heavy atom. The molecule has 0 bridgehead atoms. The minimum Gasteiger partial charge on any atom is -0.466 e. The lowest BCUT2D eigenvalue weighted by Crippen LogP contribution is -2.40. The van der Waals surface area contributed by atoms with E-state index < -0.39 is 0 Å². The Labute approximate surface area is 237 Å². The van der Waals surface area contributed by atoms with Crippen molar-refractivity contribution in [2.45, 2.75) is 51.1 Å². The van der Waals surface area contributed by atoms with Crippen LogP contribution in [-0.2, 0) is 14.3 Å². The van der Waals surface area contributed by atoms with Crippen LogP contribution < -0.4 is 0 Å². The maximum absolute atomic E-state index is 12.7. The van der Waals surface area contributed by atoms with Crippen LogP contribution in [-0.4, -0.2) is 57.0 Å². The summed E-state index contributed by atoms with van der Waals surface area (Å²) < 4.78 is 7.11. The Hall–Kier alpha value is -2.55. The predicted octanol–water partition coefficient (Wildman–Crippen LogP) is 6.61. The third-order valence-corrected chi connectivity index (χ3v) is 8.34. The van der Waals surface area contributed by atoms with Crippen LogP contribution >= 0.6 is 35.0 Å². The second-order valence-corrected chi connectivity index (χ2v) is 11.2. The van der Waals surface area contributed by atoms with Gasteiger partial charge in [0, 0.05) is 30.8 Å². The van der Waals surface area contributed by atoms with Crippen molar-refractivity contribution in [2.24, 2.45) is 5.92 Å². The molecule has 0 N–H and O–H groups in total. The zero-order valence-corrected chi connectivity index (χ0v) is 24.0. The number of rotatable bonds is 10. The SMILES string of the molecule is CCOC(=O)C1CCN(C(=O)CCCCSc2nnc(-c3ccc(C)cc3)n2-c2ccc(Cl)c(Cl)c2)CC1. The van der Waals surface area contributed by atoms with Gasteiger partial charge in [-0.3, -0.25) is 14.2 Å². The van der Waals surface area contributed by atoms with Crippen molar-refractivity contribution in [1.29, 1.82) is 0 Å². The third-order valence-electron chi connectivity index (χ3n) is 6.59. The highest BCUT2D eigenvalue weighted by atomic mass is 35.5. The Balaban J connectivity index is 1.34.